The molecule has 0 radical (unpaired) electrons. The molecule has 0 aliphatic heterocycles. The molecule has 7 heavy (non-hydrogen) atoms. The van der Waals surface area contributed by atoms with E-state index in [1.165, 1.54) is 0 Å². The molecule has 0 atom stereocenters. The summed E-state index contributed by atoms with van der Waals surface area (Å²) in [4.78, 5) is 0. The Morgan fingerprint density at radius 3 is 2.57 bits per heavy atom. The summed E-state index contributed by atoms with van der Waals surface area (Å²) in [5.41, 5.74) is 0. The van der Waals surface area contributed by atoms with Gasteiger partial charge in [0.25, 0.3) is 0 Å². The zero-order valence-corrected chi connectivity index (χ0v) is 5.02. The van der Waals surface area contributed by atoms with Gasteiger partial charge in [0.1, 0.15) is 0 Å². The van der Waals surface area contributed by atoms with E-state index in [9.17, 15) is 0 Å². The minimum absolute atomic E-state index is 1.13. The van der Waals surface area contributed by atoms with Gasteiger partial charge in [0.2, 0.25) is 0 Å². The van der Waals surface area contributed by atoms with Crippen molar-refractivity contribution in [2.24, 2.45) is 0 Å². The Balaban J connectivity index is 3.09. The summed E-state index contributed by atoms with van der Waals surface area (Å²) in [7, 11) is 0. The molecule has 0 spiro atoms. The van der Waals surface area contributed by atoms with Crippen molar-refractivity contribution in [3.63, 3.8) is 0 Å². The van der Waals surface area contributed by atoms with Crippen molar-refractivity contribution in [1.82, 2.24) is 0 Å². The first-order chi connectivity index (χ1) is 3.41. The van der Waals surface area contributed by atoms with Gasteiger partial charge in [0.05, 0.1) is 0 Å². The van der Waals surface area contributed by atoms with Crippen molar-refractivity contribution in [2.75, 3.05) is 0 Å². The Morgan fingerprint density at radius 2 is 2.14 bits per heavy atom. The Morgan fingerprint density at radius 1 is 1.43 bits per heavy atom. The van der Waals surface area contributed by atoms with Gasteiger partial charge in [-0.05, 0) is 0 Å². The van der Waals surface area contributed by atoms with E-state index in [2.05, 4.69) is 19.1 Å². The fourth-order valence-corrected chi connectivity index (χ4v) is 0.326. The first kappa shape index (κ1) is 7.08. The van der Waals surface area contributed by atoms with Gasteiger partial charge in [-0.1, -0.05) is 0 Å². The maximum atomic E-state index is 2.12. The zero-order chi connectivity index (χ0) is 5.54. The average molecular weight is 88.1 g/mol. The van der Waals surface area contributed by atoms with Gasteiger partial charge in [0, 0.05) is 0 Å². The van der Waals surface area contributed by atoms with Crippen LogP contribution in [0.3, 0.4) is 0 Å². The second kappa shape index (κ2) is 6.08. The molecule has 0 fully saturated rings. The molecule has 0 heterocycles. The molecule has 0 unspecified atom stereocenters. The molecule has 1 heteroatoms. The van der Waals surface area contributed by atoms with Crippen molar-refractivity contribution in [2.45, 2.75) is 13.3 Å². The van der Waals surface area contributed by atoms with Gasteiger partial charge in [-0.25, -0.2) is 0 Å². The summed E-state index contributed by atoms with van der Waals surface area (Å²) in [6.07, 6.45) is 7.34. The molecule has 0 saturated heterocycles. The van der Waals surface area contributed by atoms with Gasteiger partial charge in [-0.3, -0.25) is 0 Å². The fraction of sp³-hybridized carbons (Fsp3) is 0.333. The monoisotopic (exact) mass is 88.1 g/mol. The fourth-order valence-electron chi connectivity index (χ4n) is 0.326. The summed E-state index contributed by atoms with van der Waals surface area (Å²) >= 11 is 2.01. The van der Waals surface area contributed by atoms with E-state index < -0.39 is 0 Å². The summed E-state index contributed by atoms with van der Waals surface area (Å²) in [5.74, 6) is 0. The van der Waals surface area contributed by atoms with Crippen molar-refractivity contribution in [3.8, 4) is 0 Å². The molecule has 0 aromatic rings. The van der Waals surface area contributed by atoms with Crippen LogP contribution in [-0.4, -0.2) is 17.7 Å². The number of allylic oxidation sites excluding steroid dienone is 3. The first-order valence-electron chi connectivity index (χ1n) is 2.69. The molecular weight excluding hydrogens is 79.0 g/mol. The molecule has 0 aromatic heterocycles. The maximum absolute atomic E-state index is 2.12. The number of hydrogen-bond donors (Lipinski definition) is 0. The van der Waals surface area contributed by atoms with Gasteiger partial charge < -0.3 is 0 Å². The van der Waals surface area contributed by atoms with E-state index in [4.69, 9.17) is 0 Å². The van der Waals surface area contributed by atoms with Crippen LogP contribution in [0.1, 0.15) is 13.3 Å². The Kier molecular flexibility index (Phi) is 6.14. The van der Waals surface area contributed by atoms with Crippen molar-refractivity contribution in [3.05, 3.63) is 23.0 Å². The van der Waals surface area contributed by atoms with E-state index in [0.717, 1.165) is 6.42 Å². The van der Waals surface area contributed by atoms with Crippen molar-refractivity contribution in [1.29, 1.82) is 0 Å². The van der Waals surface area contributed by atoms with E-state index in [-0.39, 0.29) is 0 Å². The quantitative estimate of drug-likeness (QED) is 0.355. The van der Waals surface area contributed by atoms with Gasteiger partial charge in [-0.2, -0.15) is 0 Å². The predicted molar refractivity (Wildman–Crippen MR) is 34.3 cm³/mol. The Hall–Kier alpha value is 0.0774. The first-order valence-corrected chi connectivity index (χ1v) is 2.69. The number of hydrogen-bond acceptors (Lipinski definition) is 0. The van der Waals surface area contributed by atoms with Crippen LogP contribution in [-0.2, 0) is 0 Å². The SMILES string of the molecule is [Li]/[CH]=C/C=C/CC. The molecular formula is C6H9Li. The van der Waals surface area contributed by atoms with Crippen LogP contribution < -0.4 is 0 Å². The van der Waals surface area contributed by atoms with Crippen LogP contribution in [0.2, 0.25) is 0 Å². The van der Waals surface area contributed by atoms with Crippen LogP contribution in [0.4, 0.5) is 0 Å². The third kappa shape index (κ3) is 6.08. The predicted octanol–water partition coefficient (Wildman–Crippen LogP) is 1.63. The standard InChI is InChI=1S/C6H9.Li/c1-3-5-6-4-2;/h1,3,5-6H,4H2,2H3;/b3-1?,6-5+;. The van der Waals surface area contributed by atoms with E-state index in [0.29, 0.717) is 0 Å². The Bertz CT molecular complexity index is 72.2. The summed E-state index contributed by atoms with van der Waals surface area (Å²) in [6.45, 7) is 2.12. The molecule has 0 rings (SSSR count). The average Bonchev–Trinajstić information content (AvgIpc) is 1.69. The van der Waals surface area contributed by atoms with Crippen molar-refractivity contribution >= 4 is 17.7 Å². The summed E-state index contributed by atoms with van der Waals surface area (Å²) in [6, 6.07) is 0. The molecule has 0 aliphatic carbocycles. The second-order valence-corrected chi connectivity index (χ2v) is 1.36. The molecule has 0 bridgehead atoms. The third-order valence-corrected chi connectivity index (χ3v) is 0.675. The number of rotatable bonds is 2. The molecule has 34 valence electrons. The molecule has 0 saturated carbocycles. The third-order valence-electron chi connectivity index (χ3n) is 0.675. The normalized spacial score (nSPS) is 11.9. The van der Waals surface area contributed by atoms with Crippen LogP contribution in [0.25, 0.3) is 0 Å². The molecule has 0 aliphatic rings. The summed E-state index contributed by atoms with van der Waals surface area (Å²) < 4.78 is 2.02. The van der Waals surface area contributed by atoms with Gasteiger partial charge in [-0.15, -0.1) is 0 Å². The van der Waals surface area contributed by atoms with E-state index >= 15 is 0 Å². The van der Waals surface area contributed by atoms with Crippen molar-refractivity contribution < 1.29 is 0 Å². The van der Waals surface area contributed by atoms with Crippen LogP contribution in [0.15, 0.2) is 23.0 Å². The van der Waals surface area contributed by atoms with Crippen LogP contribution >= 0.6 is 0 Å². The molecule has 0 nitrogen and oxygen atoms in total. The molecule has 0 amide bonds. The summed E-state index contributed by atoms with van der Waals surface area (Å²) in [5, 5.41) is 0. The Labute approximate surface area is 54.5 Å². The second-order valence-electron chi connectivity index (χ2n) is 1.36. The van der Waals surface area contributed by atoms with Crippen LogP contribution in [0.5, 0.6) is 0 Å². The van der Waals surface area contributed by atoms with Crippen LogP contribution in [0, 0.1) is 0 Å². The molecule has 0 N–H and O–H groups in total. The zero-order valence-electron chi connectivity index (χ0n) is 5.02. The van der Waals surface area contributed by atoms with Gasteiger partial charge >= 0.3 is 54.0 Å². The molecule has 0 aromatic carbocycles. The topological polar surface area (TPSA) is 0 Å². The minimum atomic E-state index is 1.13. The van der Waals surface area contributed by atoms with E-state index in [1.807, 2.05) is 28.5 Å². The van der Waals surface area contributed by atoms with Gasteiger partial charge in [0.15, 0.2) is 0 Å². The van der Waals surface area contributed by atoms with E-state index in [1.54, 1.807) is 0 Å².